The second kappa shape index (κ2) is 8.49. The lowest BCUT2D eigenvalue weighted by molar-refractivity contribution is -0.120. The van der Waals surface area contributed by atoms with Gasteiger partial charge < -0.3 is 25.8 Å². The van der Waals surface area contributed by atoms with Crippen LogP contribution >= 0.6 is 0 Å². The van der Waals surface area contributed by atoms with Crippen molar-refractivity contribution in [2.24, 2.45) is 5.73 Å². The number of primary amides is 1. The lowest BCUT2D eigenvalue weighted by Crippen LogP contribution is -2.38. The number of likely N-dealkylation sites (N-methyl/N-ethyl adjacent to an activating group) is 1. The summed E-state index contributed by atoms with van der Waals surface area (Å²) in [5, 5.41) is 12.8. The molecule has 1 aromatic carbocycles. The van der Waals surface area contributed by atoms with Crippen molar-refractivity contribution >= 4 is 5.91 Å². The normalized spacial score (nSPS) is 12.4. The lowest BCUT2D eigenvalue weighted by Gasteiger charge is -2.21. The van der Waals surface area contributed by atoms with E-state index in [1.54, 1.807) is 12.1 Å². The fourth-order valence-electron chi connectivity index (χ4n) is 2.16. The minimum Gasteiger partial charge on any atom is -0.504 e. The summed E-state index contributed by atoms with van der Waals surface area (Å²) in [6.07, 6.45) is 0. The summed E-state index contributed by atoms with van der Waals surface area (Å²) in [5.41, 5.74) is 6.14. The minimum absolute atomic E-state index is 0.0348. The Balaban J connectivity index is 2.76. The molecule has 6 heteroatoms. The SMILES string of the molecule is CCN(CC)CCNC(C(N)=O)c1ccc(O)c(OC)c1. The number of hydrogen-bond donors (Lipinski definition) is 3. The topological polar surface area (TPSA) is 87.8 Å². The molecule has 1 unspecified atom stereocenters. The van der Waals surface area contributed by atoms with E-state index in [-0.39, 0.29) is 5.75 Å². The predicted molar refractivity (Wildman–Crippen MR) is 82.4 cm³/mol. The fourth-order valence-corrected chi connectivity index (χ4v) is 2.16. The zero-order chi connectivity index (χ0) is 15.8. The quantitative estimate of drug-likeness (QED) is 0.629. The van der Waals surface area contributed by atoms with Gasteiger partial charge in [-0.15, -0.1) is 0 Å². The predicted octanol–water partition coefficient (Wildman–Crippen LogP) is 0.859. The molecule has 0 bridgehead atoms. The molecule has 0 spiro atoms. The Kier molecular flexibility index (Phi) is 6.98. The Bertz CT molecular complexity index is 461. The monoisotopic (exact) mass is 295 g/mol. The maximum atomic E-state index is 11.6. The van der Waals surface area contributed by atoms with Crippen molar-refractivity contribution < 1.29 is 14.6 Å². The maximum absolute atomic E-state index is 11.6. The Morgan fingerprint density at radius 3 is 2.62 bits per heavy atom. The molecule has 0 aromatic heterocycles. The molecule has 21 heavy (non-hydrogen) atoms. The van der Waals surface area contributed by atoms with Crippen LogP contribution in [0.1, 0.15) is 25.5 Å². The van der Waals surface area contributed by atoms with Gasteiger partial charge in [0, 0.05) is 13.1 Å². The number of nitrogens with two attached hydrogens (primary N) is 1. The van der Waals surface area contributed by atoms with Crippen LogP contribution in [0.25, 0.3) is 0 Å². The number of nitrogens with one attached hydrogen (secondary N) is 1. The number of phenolic OH excluding ortho intramolecular Hbond substituents is 1. The lowest BCUT2D eigenvalue weighted by atomic mass is 10.1. The molecular weight excluding hydrogens is 270 g/mol. The van der Waals surface area contributed by atoms with E-state index in [1.165, 1.54) is 13.2 Å². The summed E-state index contributed by atoms with van der Waals surface area (Å²) in [6, 6.07) is 4.18. The molecular formula is C15H25N3O3. The van der Waals surface area contributed by atoms with Crippen molar-refractivity contribution in [3.63, 3.8) is 0 Å². The van der Waals surface area contributed by atoms with Crippen LogP contribution in [-0.2, 0) is 4.79 Å². The highest BCUT2D eigenvalue weighted by atomic mass is 16.5. The number of benzene rings is 1. The number of rotatable bonds is 9. The van der Waals surface area contributed by atoms with Crippen molar-refractivity contribution in [1.29, 1.82) is 0 Å². The summed E-state index contributed by atoms with van der Waals surface area (Å²) >= 11 is 0. The molecule has 4 N–H and O–H groups in total. The average molecular weight is 295 g/mol. The van der Waals surface area contributed by atoms with Gasteiger partial charge in [-0.2, -0.15) is 0 Å². The molecule has 0 heterocycles. The molecule has 0 radical (unpaired) electrons. The molecule has 118 valence electrons. The van der Waals surface area contributed by atoms with Crippen molar-refractivity contribution in [2.45, 2.75) is 19.9 Å². The van der Waals surface area contributed by atoms with E-state index in [0.717, 1.165) is 19.6 Å². The zero-order valence-electron chi connectivity index (χ0n) is 12.9. The van der Waals surface area contributed by atoms with E-state index in [9.17, 15) is 9.90 Å². The van der Waals surface area contributed by atoms with Gasteiger partial charge in [-0.3, -0.25) is 4.79 Å². The number of hydrogen-bond acceptors (Lipinski definition) is 5. The van der Waals surface area contributed by atoms with E-state index in [0.29, 0.717) is 17.9 Å². The van der Waals surface area contributed by atoms with Gasteiger partial charge in [0.05, 0.1) is 7.11 Å². The summed E-state index contributed by atoms with van der Waals surface area (Å²) < 4.78 is 5.05. The standard InChI is InChI=1S/C15H25N3O3/c1-4-18(5-2)9-8-17-14(15(16)20)11-6-7-12(19)13(10-11)21-3/h6-7,10,14,17,19H,4-5,8-9H2,1-3H3,(H2,16,20). The Morgan fingerprint density at radius 2 is 2.10 bits per heavy atom. The first kappa shape index (κ1) is 17.3. The number of ether oxygens (including phenoxy) is 1. The van der Waals surface area contributed by atoms with Crippen molar-refractivity contribution in [3.8, 4) is 11.5 Å². The molecule has 0 fully saturated rings. The first-order chi connectivity index (χ1) is 10.0. The van der Waals surface area contributed by atoms with Gasteiger partial charge >= 0.3 is 0 Å². The summed E-state index contributed by atoms with van der Waals surface area (Å²) in [7, 11) is 1.46. The molecule has 0 aliphatic heterocycles. The van der Waals surface area contributed by atoms with E-state index >= 15 is 0 Å². The number of aromatic hydroxyl groups is 1. The Hall–Kier alpha value is -1.79. The number of methoxy groups -OCH3 is 1. The molecule has 0 saturated heterocycles. The second-order valence-electron chi connectivity index (χ2n) is 4.75. The molecule has 1 rings (SSSR count). The third-order valence-electron chi connectivity index (χ3n) is 3.49. The van der Waals surface area contributed by atoms with Crippen LogP contribution in [0, 0.1) is 0 Å². The number of amides is 1. The van der Waals surface area contributed by atoms with Crippen molar-refractivity contribution in [1.82, 2.24) is 10.2 Å². The number of carbonyl (C=O) groups excluding carboxylic acids is 1. The van der Waals surface area contributed by atoms with Gasteiger partial charge in [0.15, 0.2) is 11.5 Å². The van der Waals surface area contributed by atoms with Crippen LogP contribution in [0.4, 0.5) is 0 Å². The van der Waals surface area contributed by atoms with Crippen LogP contribution < -0.4 is 15.8 Å². The summed E-state index contributed by atoms with van der Waals surface area (Å²) in [5.74, 6) is -0.0980. The molecule has 0 aliphatic carbocycles. The number of phenols is 1. The molecule has 1 aromatic rings. The highest BCUT2D eigenvalue weighted by molar-refractivity contribution is 5.81. The summed E-state index contributed by atoms with van der Waals surface area (Å²) in [4.78, 5) is 13.9. The van der Waals surface area contributed by atoms with Crippen LogP contribution in [0.2, 0.25) is 0 Å². The maximum Gasteiger partial charge on any atom is 0.239 e. The van der Waals surface area contributed by atoms with Gasteiger partial charge in [0.25, 0.3) is 0 Å². The van der Waals surface area contributed by atoms with Gasteiger partial charge in [0.2, 0.25) is 5.91 Å². The Labute approximate surface area is 125 Å². The van der Waals surface area contributed by atoms with Gasteiger partial charge in [0.1, 0.15) is 6.04 Å². The van der Waals surface area contributed by atoms with Crippen LogP contribution in [0.5, 0.6) is 11.5 Å². The first-order valence-electron chi connectivity index (χ1n) is 7.15. The fraction of sp³-hybridized carbons (Fsp3) is 0.533. The first-order valence-corrected chi connectivity index (χ1v) is 7.15. The van der Waals surface area contributed by atoms with Gasteiger partial charge in [-0.1, -0.05) is 19.9 Å². The number of nitrogens with zero attached hydrogens (tertiary/aromatic N) is 1. The van der Waals surface area contributed by atoms with E-state index < -0.39 is 11.9 Å². The van der Waals surface area contributed by atoms with E-state index in [4.69, 9.17) is 10.5 Å². The third-order valence-corrected chi connectivity index (χ3v) is 3.49. The van der Waals surface area contributed by atoms with E-state index in [2.05, 4.69) is 24.1 Å². The highest BCUT2D eigenvalue weighted by Crippen LogP contribution is 2.28. The molecule has 6 nitrogen and oxygen atoms in total. The molecule has 1 amide bonds. The minimum atomic E-state index is -0.602. The third kappa shape index (κ3) is 4.91. The van der Waals surface area contributed by atoms with Crippen LogP contribution in [-0.4, -0.2) is 49.2 Å². The Morgan fingerprint density at radius 1 is 1.43 bits per heavy atom. The smallest absolute Gasteiger partial charge is 0.239 e. The van der Waals surface area contributed by atoms with Crippen LogP contribution in [0.15, 0.2) is 18.2 Å². The number of carbonyl (C=O) groups is 1. The molecule has 0 saturated carbocycles. The molecule has 1 atom stereocenters. The second-order valence-corrected chi connectivity index (χ2v) is 4.75. The van der Waals surface area contributed by atoms with Crippen molar-refractivity contribution in [2.75, 3.05) is 33.3 Å². The highest BCUT2D eigenvalue weighted by Gasteiger charge is 2.18. The van der Waals surface area contributed by atoms with Crippen molar-refractivity contribution in [3.05, 3.63) is 23.8 Å². The zero-order valence-corrected chi connectivity index (χ0v) is 12.9. The van der Waals surface area contributed by atoms with Gasteiger partial charge in [-0.05, 0) is 30.8 Å². The summed E-state index contributed by atoms with van der Waals surface area (Å²) in [6.45, 7) is 7.61. The largest absolute Gasteiger partial charge is 0.504 e. The van der Waals surface area contributed by atoms with Crippen LogP contribution in [0.3, 0.4) is 0 Å². The van der Waals surface area contributed by atoms with Gasteiger partial charge in [-0.25, -0.2) is 0 Å². The molecule has 0 aliphatic rings. The van der Waals surface area contributed by atoms with E-state index in [1.807, 2.05) is 0 Å². The average Bonchev–Trinajstić information content (AvgIpc) is 2.48.